The first kappa shape index (κ1) is 15.2. The number of benzene rings is 1. The standard InChI is InChI=1S/C16H20BrNO2/c1-2-3-4-5-8-12(11-17)18-15(19)13-9-6-7-10-14(13)16(18)20/h6-7,9-10,12H,2-5,8,11H2,1H3. The summed E-state index contributed by atoms with van der Waals surface area (Å²) < 4.78 is 0. The van der Waals surface area contributed by atoms with Crippen LogP contribution in [0, 0.1) is 0 Å². The van der Waals surface area contributed by atoms with E-state index in [1.165, 1.54) is 17.7 Å². The minimum Gasteiger partial charge on any atom is -0.270 e. The van der Waals surface area contributed by atoms with Crippen LogP contribution in [0.2, 0.25) is 0 Å². The van der Waals surface area contributed by atoms with E-state index in [1.54, 1.807) is 24.3 Å². The summed E-state index contributed by atoms with van der Waals surface area (Å²) in [6.45, 7) is 2.17. The molecule has 0 aliphatic carbocycles. The number of halogens is 1. The van der Waals surface area contributed by atoms with E-state index in [-0.39, 0.29) is 17.9 Å². The number of hydrogen-bond acceptors (Lipinski definition) is 2. The monoisotopic (exact) mass is 337 g/mol. The van der Waals surface area contributed by atoms with Gasteiger partial charge in [0, 0.05) is 5.33 Å². The van der Waals surface area contributed by atoms with E-state index in [0.29, 0.717) is 16.5 Å². The van der Waals surface area contributed by atoms with Gasteiger partial charge in [-0.25, -0.2) is 0 Å². The molecule has 0 N–H and O–H groups in total. The number of carbonyl (C=O) groups is 2. The summed E-state index contributed by atoms with van der Waals surface area (Å²) in [6, 6.07) is 7.03. The van der Waals surface area contributed by atoms with Crippen LogP contribution in [0.15, 0.2) is 24.3 Å². The highest BCUT2D eigenvalue weighted by Crippen LogP contribution is 2.27. The van der Waals surface area contributed by atoms with Crippen LogP contribution in [0.4, 0.5) is 0 Å². The second-order valence-corrected chi connectivity index (χ2v) is 5.83. The summed E-state index contributed by atoms with van der Waals surface area (Å²) in [7, 11) is 0. The van der Waals surface area contributed by atoms with Crippen LogP contribution in [0.5, 0.6) is 0 Å². The lowest BCUT2D eigenvalue weighted by Crippen LogP contribution is -2.40. The van der Waals surface area contributed by atoms with Gasteiger partial charge in [0.25, 0.3) is 11.8 Å². The Kier molecular flexibility index (Phi) is 5.35. The van der Waals surface area contributed by atoms with Gasteiger partial charge in [-0.1, -0.05) is 60.7 Å². The molecule has 0 aromatic heterocycles. The SMILES string of the molecule is CCCCCCC(CBr)N1C(=O)c2ccccc2C1=O. The van der Waals surface area contributed by atoms with Crippen molar-refractivity contribution in [3.63, 3.8) is 0 Å². The highest BCUT2D eigenvalue weighted by Gasteiger charge is 2.38. The third-order valence-electron chi connectivity index (χ3n) is 3.76. The molecule has 0 saturated carbocycles. The molecule has 4 heteroatoms. The Morgan fingerprint density at radius 1 is 1.05 bits per heavy atom. The summed E-state index contributed by atoms with van der Waals surface area (Å²) in [5.41, 5.74) is 1.08. The van der Waals surface area contributed by atoms with E-state index >= 15 is 0 Å². The first-order valence-corrected chi connectivity index (χ1v) is 8.35. The van der Waals surface area contributed by atoms with Gasteiger partial charge in [-0.05, 0) is 18.6 Å². The number of rotatable bonds is 7. The first-order valence-electron chi connectivity index (χ1n) is 7.23. The smallest absolute Gasteiger partial charge is 0.261 e. The predicted molar refractivity (Wildman–Crippen MR) is 83.3 cm³/mol. The number of imide groups is 1. The summed E-state index contributed by atoms with van der Waals surface area (Å²) in [6.07, 6.45) is 5.47. The number of hydrogen-bond donors (Lipinski definition) is 0. The summed E-state index contributed by atoms with van der Waals surface area (Å²) in [5.74, 6) is -0.295. The normalized spacial score (nSPS) is 15.6. The number of amides is 2. The molecule has 1 aliphatic heterocycles. The van der Waals surface area contributed by atoms with Gasteiger partial charge in [0.05, 0.1) is 17.2 Å². The van der Waals surface area contributed by atoms with Crippen molar-refractivity contribution < 1.29 is 9.59 Å². The van der Waals surface area contributed by atoms with E-state index < -0.39 is 0 Å². The molecule has 1 unspecified atom stereocenters. The van der Waals surface area contributed by atoms with Crippen LogP contribution in [-0.4, -0.2) is 28.1 Å². The molecule has 0 spiro atoms. The molecule has 2 amide bonds. The van der Waals surface area contributed by atoms with E-state index in [4.69, 9.17) is 0 Å². The molecule has 0 radical (unpaired) electrons. The van der Waals surface area contributed by atoms with Crippen LogP contribution in [0.1, 0.15) is 59.7 Å². The molecule has 1 aromatic carbocycles. The van der Waals surface area contributed by atoms with Crippen molar-refractivity contribution in [1.29, 1.82) is 0 Å². The second kappa shape index (κ2) is 7.02. The fourth-order valence-corrected chi connectivity index (χ4v) is 3.23. The number of alkyl halides is 1. The maximum absolute atomic E-state index is 12.4. The van der Waals surface area contributed by atoms with Gasteiger partial charge in [0.15, 0.2) is 0 Å². The minimum absolute atomic E-state index is 0.0424. The fraction of sp³-hybridized carbons (Fsp3) is 0.500. The van der Waals surface area contributed by atoms with Crippen LogP contribution in [0.3, 0.4) is 0 Å². The van der Waals surface area contributed by atoms with E-state index in [2.05, 4.69) is 22.9 Å². The minimum atomic E-state index is -0.148. The third kappa shape index (κ3) is 2.95. The Labute approximate surface area is 128 Å². The van der Waals surface area contributed by atoms with Gasteiger partial charge in [-0.3, -0.25) is 14.5 Å². The first-order chi connectivity index (χ1) is 9.70. The molecule has 0 saturated heterocycles. The van der Waals surface area contributed by atoms with Crippen molar-refractivity contribution in [2.45, 2.75) is 45.1 Å². The molecule has 1 heterocycles. The Morgan fingerprint density at radius 2 is 1.65 bits per heavy atom. The third-order valence-corrected chi connectivity index (χ3v) is 4.51. The maximum atomic E-state index is 12.4. The zero-order valence-corrected chi connectivity index (χ0v) is 13.4. The number of unbranched alkanes of at least 4 members (excludes halogenated alkanes) is 3. The Bertz CT molecular complexity index is 466. The quantitative estimate of drug-likeness (QED) is 0.428. The average Bonchev–Trinajstić information content (AvgIpc) is 2.73. The van der Waals surface area contributed by atoms with Crippen molar-refractivity contribution in [1.82, 2.24) is 4.90 Å². The second-order valence-electron chi connectivity index (χ2n) is 5.18. The summed E-state index contributed by atoms with van der Waals surface area (Å²) in [5, 5.41) is 0.643. The van der Waals surface area contributed by atoms with E-state index in [0.717, 1.165) is 19.3 Å². The molecule has 1 aliphatic rings. The molecule has 1 aromatic rings. The van der Waals surface area contributed by atoms with Gasteiger partial charge in [-0.15, -0.1) is 0 Å². The van der Waals surface area contributed by atoms with Crippen LogP contribution < -0.4 is 0 Å². The summed E-state index contributed by atoms with van der Waals surface area (Å²) >= 11 is 3.45. The van der Waals surface area contributed by atoms with Crippen molar-refractivity contribution in [3.05, 3.63) is 35.4 Å². The summed E-state index contributed by atoms with van der Waals surface area (Å²) in [4.78, 5) is 26.2. The Morgan fingerprint density at radius 3 is 2.15 bits per heavy atom. The van der Waals surface area contributed by atoms with Gasteiger partial charge < -0.3 is 0 Å². The van der Waals surface area contributed by atoms with Gasteiger partial charge in [0.2, 0.25) is 0 Å². The average molecular weight is 338 g/mol. The molecule has 0 bridgehead atoms. The predicted octanol–water partition coefficient (Wildman–Crippen LogP) is 4.02. The van der Waals surface area contributed by atoms with E-state index in [1.807, 2.05) is 0 Å². The topological polar surface area (TPSA) is 37.4 Å². The van der Waals surface area contributed by atoms with Crippen LogP contribution in [0.25, 0.3) is 0 Å². The van der Waals surface area contributed by atoms with Gasteiger partial charge in [-0.2, -0.15) is 0 Å². The van der Waals surface area contributed by atoms with Crippen LogP contribution in [-0.2, 0) is 0 Å². The molecular weight excluding hydrogens is 318 g/mol. The number of carbonyl (C=O) groups excluding carboxylic acids is 2. The van der Waals surface area contributed by atoms with Crippen molar-refractivity contribution >= 4 is 27.7 Å². The van der Waals surface area contributed by atoms with Crippen molar-refractivity contribution in [3.8, 4) is 0 Å². The molecule has 2 rings (SSSR count). The maximum Gasteiger partial charge on any atom is 0.261 e. The van der Waals surface area contributed by atoms with Gasteiger partial charge in [0.1, 0.15) is 0 Å². The fourth-order valence-electron chi connectivity index (χ4n) is 2.62. The molecule has 0 fully saturated rings. The van der Waals surface area contributed by atoms with Crippen LogP contribution >= 0.6 is 15.9 Å². The highest BCUT2D eigenvalue weighted by atomic mass is 79.9. The van der Waals surface area contributed by atoms with E-state index in [9.17, 15) is 9.59 Å². The molecule has 108 valence electrons. The lowest BCUT2D eigenvalue weighted by atomic mass is 10.1. The largest absolute Gasteiger partial charge is 0.270 e. The zero-order chi connectivity index (χ0) is 14.5. The highest BCUT2D eigenvalue weighted by molar-refractivity contribution is 9.09. The Balaban J connectivity index is 2.08. The lowest BCUT2D eigenvalue weighted by molar-refractivity contribution is 0.0592. The molecule has 3 nitrogen and oxygen atoms in total. The zero-order valence-electron chi connectivity index (χ0n) is 11.8. The van der Waals surface area contributed by atoms with Gasteiger partial charge >= 0.3 is 0 Å². The number of nitrogens with zero attached hydrogens (tertiary/aromatic N) is 1. The number of fused-ring (bicyclic) bond motifs is 1. The Hall–Kier alpha value is -1.16. The lowest BCUT2D eigenvalue weighted by Gasteiger charge is -2.24. The molecular formula is C16H20BrNO2. The van der Waals surface area contributed by atoms with Crippen molar-refractivity contribution in [2.75, 3.05) is 5.33 Å². The van der Waals surface area contributed by atoms with Crippen molar-refractivity contribution in [2.24, 2.45) is 0 Å². The molecule has 1 atom stereocenters. The molecule has 20 heavy (non-hydrogen) atoms.